The topological polar surface area (TPSA) is 43.3 Å². The molecule has 1 amide bonds. The fourth-order valence-corrected chi connectivity index (χ4v) is 4.50. The molecule has 3 heterocycles. The van der Waals surface area contributed by atoms with Crippen LogP contribution in [0.15, 0.2) is 60.1 Å². The summed E-state index contributed by atoms with van der Waals surface area (Å²) >= 11 is 1.68. The normalized spacial score (nSPS) is 16.0. The zero-order valence-corrected chi connectivity index (χ0v) is 16.4. The molecule has 2 aromatic heterocycles. The number of aromatic nitrogens is 1. The lowest BCUT2D eigenvalue weighted by molar-refractivity contribution is 0.0486. The van der Waals surface area contributed by atoms with Crippen molar-refractivity contribution in [3.8, 4) is 0 Å². The highest BCUT2D eigenvalue weighted by atomic mass is 32.1. The Morgan fingerprint density at radius 3 is 2.64 bits per heavy atom. The molecule has 0 spiro atoms. The third-order valence-electron chi connectivity index (χ3n) is 5.46. The van der Waals surface area contributed by atoms with E-state index >= 15 is 0 Å². The summed E-state index contributed by atoms with van der Waals surface area (Å²) in [5.41, 5.74) is 1.47. The Morgan fingerprint density at radius 2 is 1.93 bits per heavy atom. The van der Waals surface area contributed by atoms with Crippen LogP contribution >= 0.6 is 11.3 Å². The van der Waals surface area contributed by atoms with Crippen LogP contribution in [0, 0.1) is 5.82 Å². The molecular weight excluding hydrogens is 375 g/mol. The average molecular weight is 399 g/mol. The summed E-state index contributed by atoms with van der Waals surface area (Å²) in [7, 11) is 0. The van der Waals surface area contributed by atoms with E-state index in [9.17, 15) is 9.18 Å². The molecule has 0 radical (unpaired) electrons. The van der Waals surface area contributed by atoms with Gasteiger partial charge in [0.05, 0.1) is 6.54 Å². The van der Waals surface area contributed by atoms with E-state index in [0.29, 0.717) is 32.0 Å². The molecule has 0 bridgehead atoms. The number of amides is 1. The number of rotatable bonds is 6. The second-order valence-corrected chi connectivity index (χ2v) is 8.22. The molecule has 146 valence electrons. The molecule has 28 heavy (non-hydrogen) atoms. The van der Waals surface area contributed by atoms with Crippen LogP contribution in [0.2, 0.25) is 0 Å². The van der Waals surface area contributed by atoms with Gasteiger partial charge in [-0.25, -0.2) is 4.39 Å². The predicted molar refractivity (Wildman–Crippen MR) is 108 cm³/mol. The van der Waals surface area contributed by atoms with E-state index in [4.69, 9.17) is 4.74 Å². The largest absolute Gasteiger partial charge is 0.381 e. The third kappa shape index (κ3) is 4.03. The van der Waals surface area contributed by atoms with Crippen LogP contribution in [0.25, 0.3) is 0 Å². The number of ether oxygens (including phenoxy) is 1. The van der Waals surface area contributed by atoms with Gasteiger partial charge in [-0.1, -0.05) is 18.2 Å². The number of thiophene rings is 1. The Morgan fingerprint density at radius 1 is 1.14 bits per heavy atom. The smallest absolute Gasteiger partial charge is 0.267 e. The second-order valence-electron chi connectivity index (χ2n) is 7.18. The van der Waals surface area contributed by atoms with Gasteiger partial charge < -0.3 is 14.6 Å². The number of hydrogen-bond acceptors (Lipinski definition) is 3. The molecule has 6 heteroatoms. The molecule has 3 aromatic rings. The number of hydrogen-bond donors (Lipinski definition) is 1. The van der Waals surface area contributed by atoms with Crippen molar-refractivity contribution in [3.05, 3.63) is 82.1 Å². The average Bonchev–Trinajstić information content (AvgIpc) is 3.40. The van der Waals surface area contributed by atoms with E-state index in [0.717, 1.165) is 18.4 Å². The standard InChI is InChI=1S/C22H23FN2O2S/c23-18-7-5-17(6-8-18)22(9-12-27-13-10-22)16-24-21(26)20-4-1-11-25(20)15-19-3-2-14-28-19/h1-8,11,14H,9-10,12-13,15-16H2,(H,24,26). The zero-order chi connectivity index (χ0) is 19.4. The van der Waals surface area contributed by atoms with Gasteiger partial charge in [0.2, 0.25) is 0 Å². The molecule has 1 saturated heterocycles. The van der Waals surface area contributed by atoms with Crippen molar-refractivity contribution in [2.24, 2.45) is 0 Å². The molecule has 4 rings (SSSR count). The molecule has 1 aliphatic rings. The van der Waals surface area contributed by atoms with E-state index in [1.54, 1.807) is 11.3 Å². The number of carbonyl (C=O) groups is 1. The molecule has 1 N–H and O–H groups in total. The summed E-state index contributed by atoms with van der Waals surface area (Å²) in [5, 5.41) is 5.16. The van der Waals surface area contributed by atoms with Gasteiger partial charge in [-0.2, -0.15) is 0 Å². The number of halogens is 1. The fraction of sp³-hybridized carbons (Fsp3) is 0.318. The van der Waals surface area contributed by atoms with Crippen molar-refractivity contribution in [2.75, 3.05) is 19.8 Å². The maximum absolute atomic E-state index is 13.4. The van der Waals surface area contributed by atoms with Crippen molar-refractivity contribution in [2.45, 2.75) is 24.8 Å². The van der Waals surface area contributed by atoms with Gasteiger partial charge in [-0.05, 0) is 54.1 Å². The first kappa shape index (κ1) is 18.9. The van der Waals surface area contributed by atoms with Gasteiger partial charge in [0.25, 0.3) is 5.91 Å². The van der Waals surface area contributed by atoms with Gasteiger partial charge in [0.1, 0.15) is 11.5 Å². The maximum atomic E-state index is 13.4. The van der Waals surface area contributed by atoms with E-state index in [-0.39, 0.29) is 17.1 Å². The fourth-order valence-electron chi connectivity index (χ4n) is 3.80. The first-order valence-corrected chi connectivity index (χ1v) is 10.3. The Balaban J connectivity index is 1.49. The minimum atomic E-state index is -0.249. The Kier molecular flexibility index (Phi) is 5.59. The number of benzene rings is 1. The molecule has 1 fully saturated rings. The van der Waals surface area contributed by atoms with Crippen molar-refractivity contribution >= 4 is 17.2 Å². The zero-order valence-electron chi connectivity index (χ0n) is 15.6. The van der Waals surface area contributed by atoms with E-state index in [1.807, 2.05) is 46.5 Å². The summed E-state index contributed by atoms with van der Waals surface area (Å²) in [6.45, 7) is 2.47. The van der Waals surface area contributed by atoms with Gasteiger partial charge in [0, 0.05) is 36.2 Å². The van der Waals surface area contributed by atoms with Gasteiger partial charge in [-0.3, -0.25) is 4.79 Å². The Labute approximate surface area is 168 Å². The number of nitrogens with one attached hydrogen (secondary N) is 1. The quantitative estimate of drug-likeness (QED) is 0.676. The summed E-state index contributed by atoms with van der Waals surface area (Å²) in [5.74, 6) is -0.337. The molecule has 0 unspecified atom stereocenters. The first-order chi connectivity index (χ1) is 13.7. The Hall–Kier alpha value is -2.44. The molecule has 0 saturated carbocycles. The monoisotopic (exact) mass is 398 g/mol. The lowest BCUT2D eigenvalue weighted by Gasteiger charge is -2.38. The highest BCUT2D eigenvalue weighted by molar-refractivity contribution is 7.09. The minimum absolute atomic E-state index is 0.0884. The van der Waals surface area contributed by atoms with Crippen LogP contribution < -0.4 is 5.32 Å². The van der Waals surface area contributed by atoms with E-state index < -0.39 is 0 Å². The molecule has 1 aromatic carbocycles. The van der Waals surface area contributed by atoms with Crippen molar-refractivity contribution in [1.82, 2.24) is 9.88 Å². The van der Waals surface area contributed by atoms with Crippen LogP contribution in [0.4, 0.5) is 4.39 Å². The first-order valence-electron chi connectivity index (χ1n) is 9.46. The lowest BCUT2D eigenvalue weighted by Crippen LogP contribution is -2.45. The maximum Gasteiger partial charge on any atom is 0.267 e. The summed E-state index contributed by atoms with van der Waals surface area (Å²) in [6, 6.07) is 14.4. The summed E-state index contributed by atoms with van der Waals surface area (Å²) in [4.78, 5) is 14.1. The number of nitrogens with zero attached hydrogens (tertiary/aromatic N) is 1. The van der Waals surface area contributed by atoms with Gasteiger partial charge >= 0.3 is 0 Å². The van der Waals surface area contributed by atoms with Crippen LogP contribution in [-0.4, -0.2) is 30.2 Å². The third-order valence-corrected chi connectivity index (χ3v) is 6.32. The molecule has 1 aliphatic heterocycles. The summed E-state index contributed by atoms with van der Waals surface area (Å²) in [6.07, 6.45) is 3.53. The Bertz CT molecular complexity index is 912. The van der Waals surface area contributed by atoms with Crippen LogP contribution in [0.1, 0.15) is 33.8 Å². The van der Waals surface area contributed by atoms with Crippen LogP contribution in [-0.2, 0) is 16.7 Å². The highest BCUT2D eigenvalue weighted by Gasteiger charge is 2.35. The molecule has 0 atom stereocenters. The van der Waals surface area contributed by atoms with Crippen LogP contribution in [0.3, 0.4) is 0 Å². The highest BCUT2D eigenvalue weighted by Crippen LogP contribution is 2.34. The lowest BCUT2D eigenvalue weighted by atomic mass is 9.74. The van der Waals surface area contributed by atoms with Crippen molar-refractivity contribution in [1.29, 1.82) is 0 Å². The molecule has 4 nitrogen and oxygen atoms in total. The SMILES string of the molecule is O=C(NCC1(c2ccc(F)cc2)CCOCC1)c1cccn1Cc1cccs1. The second kappa shape index (κ2) is 8.29. The predicted octanol–water partition coefficient (Wildman–Crippen LogP) is 4.22. The van der Waals surface area contributed by atoms with Gasteiger partial charge in [0.15, 0.2) is 0 Å². The molecule has 0 aliphatic carbocycles. The molecular formula is C22H23FN2O2S. The van der Waals surface area contributed by atoms with Crippen molar-refractivity contribution < 1.29 is 13.9 Å². The van der Waals surface area contributed by atoms with Crippen molar-refractivity contribution in [3.63, 3.8) is 0 Å². The van der Waals surface area contributed by atoms with Gasteiger partial charge in [-0.15, -0.1) is 11.3 Å². The number of carbonyl (C=O) groups excluding carboxylic acids is 1. The van der Waals surface area contributed by atoms with Crippen LogP contribution in [0.5, 0.6) is 0 Å². The summed E-state index contributed by atoms with van der Waals surface area (Å²) < 4.78 is 20.9. The van der Waals surface area contributed by atoms with E-state index in [1.165, 1.54) is 17.0 Å². The minimum Gasteiger partial charge on any atom is -0.381 e. The van der Waals surface area contributed by atoms with E-state index in [2.05, 4.69) is 11.4 Å².